The Bertz CT molecular complexity index is 1130. The Kier molecular flexibility index (Phi) is 7.97. The van der Waals surface area contributed by atoms with Crippen molar-refractivity contribution in [3.05, 3.63) is 93.0 Å². The summed E-state index contributed by atoms with van der Waals surface area (Å²) in [6.07, 6.45) is 0.721. The molecule has 3 rings (SSSR count). The van der Waals surface area contributed by atoms with Gasteiger partial charge in [0.25, 0.3) is 0 Å². The van der Waals surface area contributed by atoms with Crippen LogP contribution in [0.5, 0.6) is 5.75 Å². The average molecular weight is 479 g/mol. The third-order valence-electron chi connectivity index (χ3n) is 4.75. The lowest BCUT2D eigenvalue weighted by molar-refractivity contribution is 0.302. The molecule has 0 saturated carbocycles. The Morgan fingerprint density at radius 2 is 1.61 bits per heavy atom. The Balaban J connectivity index is 1.59. The van der Waals surface area contributed by atoms with Crippen molar-refractivity contribution in [2.45, 2.75) is 31.4 Å². The van der Waals surface area contributed by atoms with Crippen LogP contribution < -0.4 is 15.2 Å². The topological polar surface area (TPSA) is 81.4 Å². The van der Waals surface area contributed by atoms with E-state index in [9.17, 15) is 8.42 Å². The van der Waals surface area contributed by atoms with Crippen LogP contribution in [0.2, 0.25) is 10.0 Å². The number of nitrogens with two attached hydrogens (primary N) is 1. The summed E-state index contributed by atoms with van der Waals surface area (Å²) in [5, 5.41) is 9.49. The van der Waals surface area contributed by atoms with Crippen LogP contribution in [0.3, 0.4) is 0 Å². The number of nitrogens with one attached hydrogen (secondary N) is 1. The maximum absolute atomic E-state index is 11.3. The molecule has 0 atom stereocenters. The molecule has 0 aliphatic heterocycles. The van der Waals surface area contributed by atoms with Crippen molar-refractivity contribution in [2.75, 3.05) is 6.54 Å². The molecule has 0 saturated heterocycles. The van der Waals surface area contributed by atoms with E-state index in [1.165, 1.54) is 17.7 Å². The number of hydrogen-bond acceptors (Lipinski definition) is 4. The third kappa shape index (κ3) is 6.95. The van der Waals surface area contributed by atoms with Crippen LogP contribution in [0.15, 0.2) is 65.6 Å². The Morgan fingerprint density at radius 1 is 0.968 bits per heavy atom. The van der Waals surface area contributed by atoms with E-state index >= 15 is 0 Å². The van der Waals surface area contributed by atoms with Gasteiger partial charge in [-0.05, 0) is 55.3 Å². The van der Waals surface area contributed by atoms with Gasteiger partial charge in [-0.1, -0.05) is 65.2 Å². The Labute approximate surface area is 193 Å². The fraction of sp³-hybridized carbons (Fsp3) is 0.217. The molecule has 0 aliphatic rings. The molecule has 0 amide bonds. The van der Waals surface area contributed by atoms with Gasteiger partial charge in [0.1, 0.15) is 12.4 Å². The molecule has 0 fully saturated rings. The highest BCUT2D eigenvalue weighted by atomic mass is 35.5. The molecule has 164 valence electrons. The second-order valence-corrected chi connectivity index (χ2v) is 9.67. The highest BCUT2D eigenvalue weighted by Gasteiger charge is 2.12. The molecule has 0 unspecified atom stereocenters. The van der Waals surface area contributed by atoms with Crippen LogP contribution in [0.4, 0.5) is 0 Å². The zero-order chi connectivity index (χ0) is 22.4. The molecule has 31 heavy (non-hydrogen) atoms. The lowest BCUT2D eigenvalue weighted by Gasteiger charge is -2.15. The summed E-state index contributed by atoms with van der Waals surface area (Å²) in [5.41, 5.74) is 4.12. The minimum absolute atomic E-state index is 0.105. The second-order valence-electron chi connectivity index (χ2n) is 7.27. The van der Waals surface area contributed by atoms with E-state index < -0.39 is 10.0 Å². The zero-order valence-electron chi connectivity index (χ0n) is 17.1. The fourth-order valence-corrected chi connectivity index (χ4v) is 4.15. The molecule has 3 aromatic carbocycles. The van der Waals surface area contributed by atoms with Gasteiger partial charge in [-0.15, -0.1) is 0 Å². The summed E-state index contributed by atoms with van der Waals surface area (Å²) >= 11 is 12.6. The molecule has 5 nitrogen and oxygen atoms in total. The van der Waals surface area contributed by atoms with Crippen LogP contribution in [0, 0.1) is 6.92 Å². The van der Waals surface area contributed by atoms with E-state index in [1.54, 1.807) is 18.2 Å². The molecule has 3 aromatic rings. The first-order valence-corrected chi connectivity index (χ1v) is 12.0. The molecule has 0 aliphatic carbocycles. The summed E-state index contributed by atoms with van der Waals surface area (Å²) in [4.78, 5) is 0.105. The van der Waals surface area contributed by atoms with Gasteiger partial charge in [0.05, 0.1) is 9.92 Å². The molecule has 0 bridgehead atoms. The average Bonchev–Trinajstić information content (AvgIpc) is 2.71. The first kappa shape index (κ1) is 23.6. The van der Waals surface area contributed by atoms with Crippen LogP contribution >= 0.6 is 23.2 Å². The van der Waals surface area contributed by atoms with Gasteiger partial charge in [0.2, 0.25) is 10.0 Å². The third-order valence-corrected chi connectivity index (χ3v) is 6.18. The van der Waals surface area contributed by atoms with E-state index in [4.69, 9.17) is 33.1 Å². The van der Waals surface area contributed by atoms with Crippen molar-refractivity contribution in [3.8, 4) is 5.75 Å². The van der Waals surface area contributed by atoms with Gasteiger partial charge in [0, 0.05) is 17.1 Å². The van der Waals surface area contributed by atoms with Gasteiger partial charge in [-0.25, -0.2) is 13.6 Å². The predicted octanol–water partition coefficient (Wildman–Crippen LogP) is 4.86. The molecule has 3 N–H and O–H groups in total. The molecule has 8 heteroatoms. The summed E-state index contributed by atoms with van der Waals surface area (Å²) in [5.74, 6) is 0.608. The zero-order valence-corrected chi connectivity index (χ0v) is 19.4. The van der Waals surface area contributed by atoms with Gasteiger partial charge in [-0.3, -0.25) is 0 Å². The summed E-state index contributed by atoms with van der Waals surface area (Å²) in [6, 6.07) is 18.2. The van der Waals surface area contributed by atoms with Crippen molar-refractivity contribution in [1.82, 2.24) is 5.32 Å². The SMILES string of the molecule is Cc1ccc(COc2c(Cl)cc(Cl)cc2CNCCc2ccc(S(N)(=O)=O)cc2)cc1. The number of rotatable bonds is 9. The Morgan fingerprint density at radius 3 is 2.26 bits per heavy atom. The lowest BCUT2D eigenvalue weighted by atomic mass is 10.1. The summed E-state index contributed by atoms with van der Waals surface area (Å²) in [7, 11) is -3.68. The predicted molar refractivity (Wildman–Crippen MR) is 125 cm³/mol. The highest BCUT2D eigenvalue weighted by molar-refractivity contribution is 7.89. The smallest absolute Gasteiger partial charge is 0.238 e. The van der Waals surface area contributed by atoms with E-state index in [-0.39, 0.29) is 4.90 Å². The van der Waals surface area contributed by atoms with Crippen molar-refractivity contribution >= 4 is 33.2 Å². The van der Waals surface area contributed by atoms with E-state index in [2.05, 4.69) is 5.32 Å². The van der Waals surface area contributed by atoms with Crippen molar-refractivity contribution in [3.63, 3.8) is 0 Å². The second kappa shape index (κ2) is 10.5. The first-order valence-electron chi connectivity index (χ1n) is 9.71. The quantitative estimate of drug-likeness (QED) is 0.430. The number of benzene rings is 3. The maximum Gasteiger partial charge on any atom is 0.238 e. The number of sulfonamides is 1. The van der Waals surface area contributed by atoms with E-state index in [0.29, 0.717) is 35.5 Å². The molecule has 0 radical (unpaired) electrons. The first-order chi connectivity index (χ1) is 14.7. The summed E-state index contributed by atoms with van der Waals surface area (Å²) in [6.45, 7) is 3.65. The minimum atomic E-state index is -3.68. The molecule has 0 heterocycles. The normalized spacial score (nSPS) is 11.5. The van der Waals surface area contributed by atoms with Gasteiger partial charge < -0.3 is 10.1 Å². The van der Waals surface area contributed by atoms with Crippen LogP contribution in [0.1, 0.15) is 22.3 Å². The molecular formula is C23H24Cl2N2O3S. The number of aryl methyl sites for hydroxylation is 1. The van der Waals surface area contributed by atoms with Gasteiger partial charge >= 0.3 is 0 Å². The van der Waals surface area contributed by atoms with Gasteiger partial charge in [0.15, 0.2) is 0 Å². The van der Waals surface area contributed by atoms with E-state index in [1.807, 2.05) is 37.3 Å². The highest BCUT2D eigenvalue weighted by Crippen LogP contribution is 2.33. The van der Waals surface area contributed by atoms with Crippen molar-refractivity contribution in [1.29, 1.82) is 0 Å². The largest absolute Gasteiger partial charge is 0.487 e. The Hall–Kier alpha value is -2.09. The standard InChI is InChI=1S/C23H24Cl2N2O3S/c1-16-2-4-18(5-3-16)15-30-23-19(12-20(24)13-22(23)25)14-27-11-10-17-6-8-21(9-7-17)31(26,28)29/h2-9,12-13,27H,10-11,14-15H2,1H3,(H2,26,28,29). The number of hydrogen-bond donors (Lipinski definition) is 2. The number of primary sulfonamides is 1. The van der Waals surface area contributed by atoms with Crippen molar-refractivity contribution < 1.29 is 13.2 Å². The molecule has 0 spiro atoms. The maximum atomic E-state index is 11.3. The van der Waals surface area contributed by atoms with Crippen LogP contribution in [-0.2, 0) is 29.6 Å². The molecule has 0 aromatic heterocycles. The van der Waals surface area contributed by atoms with E-state index in [0.717, 1.165) is 23.1 Å². The summed E-state index contributed by atoms with van der Waals surface area (Å²) < 4.78 is 28.7. The minimum Gasteiger partial charge on any atom is -0.487 e. The molecular weight excluding hydrogens is 455 g/mol. The van der Waals surface area contributed by atoms with Crippen molar-refractivity contribution in [2.24, 2.45) is 5.14 Å². The number of halogens is 2. The number of ether oxygens (including phenoxy) is 1. The van der Waals surface area contributed by atoms with Crippen LogP contribution in [-0.4, -0.2) is 15.0 Å². The fourth-order valence-electron chi connectivity index (χ4n) is 3.05. The lowest BCUT2D eigenvalue weighted by Crippen LogP contribution is -2.17. The van der Waals surface area contributed by atoms with Crippen LogP contribution in [0.25, 0.3) is 0 Å². The monoisotopic (exact) mass is 478 g/mol. The van der Waals surface area contributed by atoms with Gasteiger partial charge in [-0.2, -0.15) is 0 Å².